The molecule has 0 spiro atoms. The van der Waals surface area contributed by atoms with E-state index in [0.717, 1.165) is 9.36 Å². The summed E-state index contributed by atoms with van der Waals surface area (Å²) in [6.45, 7) is 3.64. The zero-order valence-corrected chi connectivity index (χ0v) is 29.5. The molecule has 236 valence electrons. The Morgan fingerprint density at radius 1 is 0.659 bits per heavy atom. The molecule has 0 N–H and O–H groups in total. The molecule has 0 unspecified atom stereocenters. The lowest BCUT2D eigenvalue weighted by molar-refractivity contribution is 0.0503. The van der Waals surface area contributed by atoms with E-state index in [-0.39, 0.29) is 46.6 Å². The Kier molecular flexibility index (Phi) is 13.0. The Morgan fingerprint density at radius 2 is 1.00 bits per heavy atom. The van der Waals surface area contributed by atoms with Crippen molar-refractivity contribution < 1.29 is 19.1 Å². The molecule has 0 saturated carbocycles. The van der Waals surface area contributed by atoms with Crippen LogP contribution in [0.3, 0.4) is 0 Å². The van der Waals surface area contributed by atoms with Crippen LogP contribution in [-0.4, -0.2) is 54.7 Å². The molecule has 20 heteroatoms. The average Bonchev–Trinajstić information content (AvgIpc) is 3.55. The molecule has 0 aliphatic rings. The van der Waals surface area contributed by atoms with Gasteiger partial charge in [-0.15, -0.1) is 10.2 Å². The van der Waals surface area contributed by atoms with Gasteiger partial charge in [-0.2, -0.15) is 0 Å². The maximum atomic E-state index is 11.8. The molecule has 4 aromatic rings. The summed E-state index contributed by atoms with van der Waals surface area (Å²) in [5, 5.41) is 9.37. The van der Waals surface area contributed by atoms with Crippen molar-refractivity contribution in [3.05, 3.63) is 79.8 Å². The number of esters is 2. The first kappa shape index (κ1) is 37.0. The average molecular weight is 807 g/mol. The van der Waals surface area contributed by atoms with Crippen LogP contribution >= 0.6 is 116 Å². The summed E-state index contributed by atoms with van der Waals surface area (Å²) in [6.07, 6.45) is 0. The summed E-state index contributed by atoms with van der Waals surface area (Å²) >= 11 is 59.2. The van der Waals surface area contributed by atoms with Gasteiger partial charge in [0.25, 0.3) is 11.6 Å². The highest BCUT2D eigenvalue weighted by Crippen LogP contribution is 2.40. The number of benzene rings is 2. The smallest absolute Gasteiger partial charge is 0.378 e. The number of carbonyl (C=O) groups excluding carboxylic acids is 2. The molecule has 2 heterocycles. The molecule has 0 fully saturated rings. The lowest BCUT2D eigenvalue weighted by atomic mass is 10.3. The SMILES string of the molecule is CCOC(=O)c1nc(C(Cl)(Cl)Cl)n(-c2ccc(Cl)cc2Cl)n1.CCOC(=O)c1nc(C(Cl)(Cl)Cl)n(-c2ccc(Cl)cc2Cl)n1. The maximum absolute atomic E-state index is 11.8. The Bertz CT molecular complexity index is 1540. The number of hydrogen-bond acceptors (Lipinski definition) is 8. The molecular weight excluding hydrogens is 791 g/mol. The van der Waals surface area contributed by atoms with Crippen molar-refractivity contribution in [3.63, 3.8) is 0 Å². The Labute approximate surface area is 300 Å². The van der Waals surface area contributed by atoms with Crippen molar-refractivity contribution in [2.45, 2.75) is 21.4 Å². The van der Waals surface area contributed by atoms with Crippen LogP contribution in [0.1, 0.15) is 46.7 Å². The van der Waals surface area contributed by atoms with E-state index in [1.165, 1.54) is 12.1 Å². The molecule has 2 aromatic carbocycles. The van der Waals surface area contributed by atoms with Gasteiger partial charge in [0.15, 0.2) is 11.6 Å². The summed E-state index contributed by atoms with van der Waals surface area (Å²) in [5.41, 5.74) is 0.714. The molecule has 0 saturated heterocycles. The van der Waals surface area contributed by atoms with E-state index in [2.05, 4.69) is 20.2 Å². The minimum Gasteiger partial charge on any atom is -0.460 e. The first-order valence-corrected chi connectivity index (χ1v) is 15.6. The monoisotopic (exact) mass is 802 g/mol. The molecule has 0 amide bonds. The van der Waals surface area contributed by atoms with Gasteiger partial charge in [-0.1, -0.05) is 116 Å². The number of nitrogens with zero attached hydrogens (tertiary/aromatic N) is 6. The van der Waals surface area contributed by atoms with Gasteiger partial charge in [-0.05, 0) is 50.2 Å². The molecular formula is C24H16Cl10N6O4. The van der Waals surface area contributed by atoms with Crippen LogP contribution in [0.25, 0.3) is 11.4 Å². The highest BCUT2D eigenvalue weighted by Gasteiger charge is 2.35. The van der Waals surface area contributed by atoms with Gasteiger partial charge in [0.1, 0.15) is 0 Å². The van der Waals surface area contributed by atoms with Crippen LogP contribution in [0.2, 0.25) is 20.1 Å². The van der Waals surface area contributed by atoms with Crippen molar-refractivity contribution >= 4 is 128 Å². The summed E-state index contributed by atoms with van der Waals surface area (Å²) in [6, 6.07) is 9.27. The Morgan fingerprint density at radius 3 is 1.27 bits per heavy atom. The summed E-state index contributed by atoms with van der Waals surface area (Å²) < 4.78 is 8.16. The van der Waals surface area contributed by atoms with Crippen LogP contribution in [0, 0.1) is 0 Å². The fourth-order valence-electron chi connectivity index (χ4n) is 3.20. The van der Waals surface area contributed by atoms with E-state index >= 15 is 0 Å². The first-order valence-electron chi connectivity index (χ1n) is 11.8. The first-order chi connectivity index (χ1) is 20.5. The van der Waals surface area contributed by atoms with Crippen molar-refractivity contribution in [3.8, 4) is 11.4 Å². The quantitative estimate of drug-likeness (QED) is 0.140. The Balaban J connectivity index is 0.000000240. The number of alkyl halides is 6. The van der Waals surface area contributed by atoms with Crippen molar-refractivity contribution in [2.75, 3.05) is 13.2 Å². The van der Waals surface area contributed by atoms with E-state index in [0.29, 0.717) is 21.4 Å². The zero-order valence-electron chi connectivity index (χ0n) is 22.0. The molecule has 10 nitrogen and oxygen atoms in total. The largest absolute Gasteiger partial charge is 0.460 e. The van der Waals surface area contributed by atoms with Crippen LogP contribution < -0.4 is 0 Å². The fraction of sp³-hybridized carbons (Fsp3) is 0.250. The predicted octanol–water partition coefficient (Wildman–Crippen LogP) is 9.15. The second kappa shape index (κ2) is 15.4. The fourth-order valence-corrected chi connectivity index (χ4v) is 4.91. The summed E-state index contributed by atoms with van der Waals surface area (Å²) in [4.78, 5) is 31.4. The number of hydrogen-bond donors (Lipinski definition) is 0. The third kappa shape index (κ3) is 9.31. The number of carbonyl (C=O) groups is 2. The lowest BCUT2D eigenvalue weighted by Crippen LogP contribution is -2.12. The van der Waals surface area contributed by atoms with Gasteiger partial charge in [0.05, 0.1) is 34.6 Å². The number of aromatic nitrogens is 6. The summed E-state index contributed by atoms with van der Waals surface area (Å²) in [7, 11) is 0. The van der Waals surface area contributed by atoms with Crippen molar-refractivity contribution in [2.24, 2.45) is 0 Å². The molecule has 0 aliphatic carbocycles. The minimum atomic E-state index is -1.92. The number of halogens is 10. The van der Waals surface area contributed by atoms with E-state index in [9.17, 15) is 9.59 Å². The zero-order chi connectivity index (χ0) is 33.0. The standard InChI is InChI=1S/2C12H8Cl5N3O2/c2*1-2-22-10(21)9-18-11(12(15,16)17)20(19-9)8-4-3-6(13)5-7(8)14/h2*3-5H,2H2,1H3. The molecule has 0 aliphatic heterocycles. The van der Waals surface area contributed by atoms with Crippen molar-refractivity contribution in [1.82, 2.24) is 29.5 Å². The van der Waals surface area contributed by atoms with Crippen molar-refractivity contribution in [1.29, 1.82) is 0 Å². The third-order valence-electron chi connectivity index (χ3n) is 4.91. The molecule has 0 radical (unpaired) electrons. The third-order valence-corrected chi connectivity index (χ3v) is 7.00. The second-order valence-corrected chi connectivity index (χ2v) is 14.2. The molecule has 2 aromatic heterocycles. The minimum absolute atomic E-state index is 0.0928. The van der Waals surface area contributed by atoms with Gasteiger partial charge in [0, 0.05) is 10.0 Å². The van der Waals surface area contributed by atoms with Crippen LogP contribution in [0.5, 0.6) is 0 Å². The van der Waals surface area contributed by atoms with E-state index < -0.39 is 19.5 Å². The van der Waals surface area contributed by atoms with Crippen LogP contribution in [0.4, 0.5) is 0 Å². The maximum Gasteiger partial charge on any atom is 0.378 e. The molecule has 44 heavy (non-hydrogen) atoms. The van der Waals surface area contributed by atoms with Crippen LogP contribution in [-0.2, 0) is 17.1 Å². The van der Waals surface area contributed by atoms with E-state index in [1.807, 2.05) is 0 Å². The van der Waals surface area contributed by atoms with Gasteiger partial charge in [-0.25, -0.2) is 28.9 Å². The van der Waals surface area contributed by atoms with Gasteiger partial charge >= 0.3 is 11.9 Å². The Hall–Kier alpha value is -1.44. The highest BCUT2D eigenvalue weighted by molar-refractivity contribution is 6.67. The number of ether oxygens (including phenoxy) is 2. The van der Waals surface area contributed by atoms with Crippen LogP contribution in [0.15, 0.2) is 36.4 Å². The predicted molar refractivity (Wildman–Crippen MR) is 173 cm³/mol. The highest BCUT2D eigenvalue weighted by atomic mass is 35.6. The summed E-state index contributed by atoms with van der Waals surface area (Å²) in [5.74, 6) is -2.14. The van der Waals surface area contributed by atoms with E-state index in [1.54, 1.807) is 38.1 Å². The molecule has 4 rings (SSSR count). The number of rotatable bonds is 6. The van der Waals surface area contributed by atoms with Gasteiger partial charge < -0.3 is 9.47 Å². The van der Waals surface area contributed by atoms with Gasteiger partial charge in [0.2, 0.25) is 7.59 Å². The van der Waals surface area contributed by atoms with Gasteiger partial charge in [-0.3, -0.25) is 0 Å². The normalized spacial score (nSPS) is 11.5. The second-order valence-electron chi connectivity index (χ2n) is 7.97. The van der Waals surface area contributed by atoms with E-state index in [4.69, 9.17) is 125 Å². The molecule has 0 bridgehead atoms. The topological polar surface area (TPSA) is 114 Å². The lowest BCUT2D eigenvalue weighted by Gasteiger charge is -2.12. The molecule has 0 atom stereocenters.